The number of carbonyl (C=O) groups excluding carboxylic acids is 1. The van der Waals surface area contributed by atoms with Crippen LogP contribution in [0.1, 0.15) is 32.8 Å². The Labute approximate surface area is 140 Å². The molecule has 2 rings (SSSR count). The summed E-state index contributed by atoms with van der Waals surface area (Å²) in [6.07, 6.45) is 2.67. The summed E-state index contributed by atoms with van der Waals surface area (Å²) < 4.78 is 6.11. The van der Waals surface area contributed by atoms with E-state index in [0.29, 0.717) is 12.5 Å². The number of hydrogen-bond acceptors (Lipinski definition) is 4. The summed E-state index contributed by atoms with van der Waals surface area (Å²) in [5.74, 6) is 0.482. The number of hydrogen-bond donors (Lipinski definition) is 1. The first-order chi connectivity index (χ1) is 10.3. The molecular weight excluding hydrogens is 346 g/mol. The lowest BCUT2D eigenvalue weighted by atomic mass is 10.1. The van der Waals surface area contributed by atoms with Gasteiger partial charge in [-0.05, 0) is 67.2 Å². The van der Waals surface area contributed by atoms with Crippen LogP contribution < -0.4 is 5.32 Å². The van der Waals surface area contributed by atoms with Crippen LogP contribution in [0.15, 0.2) is 22.9 Å². The van der Waals surface area contributed by atoms with Gasteiger partial charge < -0.3 is 10.1 Å². The van der Waals surface area contributed by atoms with Crippen LogP contribution in [0, 0.1) is 5.92 Å². The molecule has 1 N–H and O–H groups in total. The standard InChI is InChI=1S/C16H24BrN3O2/c1-16(2,3)22-15(21)19-9-13-6-7-20(11-13)10-12-4-5-14(17)18-8-12/h4-5,8,13H,6-7,9-11H2,1-3H3,(H,19,21)/t13-/m1/s1. The maximum absolute atomic E-state index is 11.7. The van der Waals surface area contributed by atoms with Gasteiger partial charge in [0.15, 0.2) is 0 Å². The van der Waals surface area contributed by atoms with Crippen LogP contribution in [0.25, 0.3) is 0 Å². The van der Waals surface area contributed by atoms with Gasteiger partial charge in [0.1, 0.15) is 10.2 Å². The van der Waals surface area contributed by atoms with Gasteiger partial charge >= 0.3 is 6.09 Å². The number of nitrogens with one attached hydrogen (secondary N) is 1. The second-order valence-corrected chi connectivity index (χ2v) is 7.57. The third-order valence-corrected chi connectivity index (χ3v) is 3.97. The van der Waals surface area contributed by atoms with Crippen molar-refractivity contribution in [2.45, 2.75) is 39.3 Å². The van der Waals surface area contributed by atoms with E-state index in [0.717, 1.165) is 30.7 Å². The molecule has 2 heterocycles. The van der Waals surface area contributed by atoms with Crippen molar-refractivity contribution in [3.05, 3.63) is 28.5 Å². The number of pyridine rings is 1. The van der Waals surface area contributed by atoms with Crippen molar-refractivity contribution in [1.29, 1.82) is 0 Å². The molecule has 0 radical (unpaired) electrons. The molecule has 0 spiro atoms. The molecule has 0 bridgehead atoms. The van der Waals surface area contributed by atoms with Crippen LogP contribution in [-0.4, -0.2) is 41.2 Å². The summed E-state index contributed by atoms with van der Waals surface area (Å²) in [7, 11) is 0. The molecular formula is C16H24BrN3O2. The predicted octanol–water partition coefficient (Wildman–Crippen LogP) is 3.19. The first kappa shape index (κ1) is 17.2. The molecule has 6 heteroatoms. The molecule has 1 aliphatic heterocycles. The molecule has 0 aromatic carbocycles. The molecule has 0 saturated carbocycles. The summed E-state index contributed by atoms with van der Waals surface area (Å²) in [5, 5.41) is 2.87. The third kappa shape index (κ3) is 5.93. The largest absolute Gasteiger partial charge is 0.444 e. The Kier molecular flexibility index (Phi) is 5.81. The highest BCUT2D eigenvalue weighted by Crippen LogP contribution is 2.18. The zero-order valence-corrected chi connectivity index (χ0v) is 15.0. The van der Waals surface area contributed by atoms with E-state index in [1.165, 1.54) is 5.56 Å². The van der Waals surface area contributed by atoms with Gasteiger partial charge in [-0.25, -0.2) is 9.78 Å². The Hall–Kier alpha value is -1.14. The van der Waals surface area contributed by atoms with Crippen molar-refractivity contribution in [1.82, 2.24) is 15.2 Å². The number of ether oxygens (including phenoxy) is 1. The molecule has 5 nitrogen and oxygen atoms in total. The molecule has 122 valence electrons. The number of rotatable bonds is 4. The zero-order valence-electron chi connectivity index (χ0n) is 13.4. The Morgan fingerprint density at radius 3 is 2.91 bits per heavy atom. The van der Waals surface area contributed by atoms with Gasteiger partial charge in [-0.1, -0.05) is 6.07 Å². The number of likely N-dealkylation sites (tertiary alicyclic amines) is 1. The van der Waals surface area contributed by atoms with Gasteiger partial charge in [-0.3, -0.25) is 4.90 Å². The second kappa shape index (κ2) is 7.42. The molecule has 1 amide bonds. The van der Waals surface area contributed by atoms with E-state index in [-0.39, 0.29) is 6.09 Å². The van der Waals surface area contributed by atoms with Gasteiger partial charge in [-0.2, -0.15) is 0 Å². The van der Waals surface area contributed by atoms with Crippen molar-refractivity contribution in [3.63, 3.8) is 0 Å². The van der Waals surface area contributed by atoms with Crippen LogP contribution in [0.5, 0.6) is 0 Å². The molecule has 0 unspecified atom stereocenters. The van der Waals surface area contributed by atoms with Crippen LogP contribution in [-0.2, 0) is 11.3 Å². The Balaban J connectivity index is 1.71. The summed E-state index contributed by atoms with van der Waals surface area (Å²) in [4.78, 5) is 18.3. The van der Waals surface area contributed by atoms with Crippen molar-refractivity contribution >= 4 is 22.0 Å². The number of halogens is 1. The quantitative estimate of drug-likeness (QED) is 0.828. The van der Waals surface area contributed by atoms with E-state index >= 15 is 0 Å². The Morgan fingerprint density at radius 2 is 2.27 bits per heavy atom. The fraction of sp³-hybridized carbons (Fsp3) is 0.625. The first-order valence-corrected chi connectivity index (χ1v) is 8.41. The van der Waals surface area contributed by atoms with Gasteiger partial charge in [0.05, 0.1) is 0 Å². The number of alkyl carbamates (subject to hydrolysis) is 1. The maximum Gasteiger partial charge on any atom is 0.407 e. The molecule has 1 saturated heterocycles. The third-order valence-electron chi connectivity index (χ3n) is 3.50. The predicted molar refractivity (Wildman–Crippen MR) is 89.6 cm³/mol. The Morgan fingerprint density at radius 1 is 1.50 bits per heavy atom. The SMILES string of the molecule is CC(C)(C)OC(=O)NC[C@H]1CCN(Cc2ccc(Br)nc2)C1. The highest BCUT2D eigenvalue weighted by Gasteiger charge is 2.24. The van der Waals surface area contributed by atoms with E-state index in [1.54, 1.807) is 0 Å². The first-order valence-electron chi connectivity index (χ1n) is 7.61. The number of aromatic nitrogens is 1. The fourth-order valence-corrected chi connectivity index (χ4v) is 2.76. The summed E-state index contributed by atoms with van der Waals surface area (Å²) in [5.41, 5.74) is 0.768. The van der Waals surface area contributed by atoms with Crippen molar-refractivity contribution in [2.24, 2.45) is 5.92 Å². The van der Waals surface area contributed by atoms with E-state index in [9.17, 15) is 4.79 Å². The lowest BCUT2D eigenvalue weighted by Gasteiger charge is -2.21. The van der Waals surface area contributed by atoms with Crippen LogP contribution in [0.2, 0.25) is 0 Å². The number of amides is 1. The van der Waals surface area contributed by atoms with Crippen LogP contribution >= 0.6 is 15.9 Å². The van der Waals surface area contributed by atoms with Crippen LogP contribution in [0.3, 0.4) is 0 Å². The van der Waals surface area contributed by atoms with Crippen LogP contribution in [0.4, 0.5) is 4.79 Å². The molecule has 22 heavy (non-hydrogen) atoms. The second-order valence-electron chi connectivity index (χ2n) is 6.76. The van der Waals surface area contributed by atoms with Crippen molar-refractivity contribution < 1.29 is 9.53 Å². The molecule has 1 aliphatic rings. The van der Waals surface area contributed by atoms with E-state index in [4.69, 9.17) is 4.74 Å². The smallest absolute Gasteiger partial charge is 0.407 e. The fourth-order valence-electron chi connectivity index (χ4n) is 2.52. The molecule has 1 aromatic rings. The van der Waals surface area contributed by atoms with Gasteiger partial charge in [0.2, 0.25) is 0 Å². The molecule has 1 atom stereocenters. The highest BCUT2D eigenvalue weighted by molar-refractivity contribution is 9.10. The van der Waals surface area contributed by atoms with E-state index < -0.39 is 5.60 Å². The molecule has 0 aliphatic carbocycles. The monoisotopic (exact) mass is 369 g/mol. The summed E-state index contributed by atoms with van der Waals surface area (Å²) in [6, 6.07) is 4.05. The normalized spacial score (nSPS) is 19.2. The van der Waals surface area contributed by atoms with E-state index in [2.05, 4.69) is 37.2 Å². The average Bonchev–Trinajstić information content (AvgIpc) is 2.85. The summed E-state index contributed by atoms with van der Waals surface area (Å²) in [6.45, 7) is 9.23. The lowest BCUT2D eigenvalue weighted by Crippen LogP contribution is -2.35. The Bertz CT molecular complexity index is 499. The van der Waals surface area contributed by atoms with Gasteiger partial charge in [0, 0.05) is 25.8 Å². The number of carbonyl (C=O) groups is 1. The van der Waals surface area contributed by atoms with Crippen molar-refractivity contribution in [2.75, 3.05) is 19.6 Å². The number of nitrogens with zero attached hydrogens (tertiary/aromatic N) is 2. The topological polar surface area (TPSA) is 54.5 Å². The minimum absolute atomic E-state index is 0.331. The van der Waals surface area contributed by atoms with E-state index in [1.807, 2.05) is 33.0 Å². The zero-order chi connectivity index (χ0) is 16.2. The lowest BCUT2D eigenvalue weighted by molar-refractivity contribution is 0.0519. The van der Waals surface area contributed by atoms with Crippen molar-refractivity contribution in [3.8, 4) is 0 Å². The molecule has 1 fully saturated rings. The minimum atomic E-state index is -0.444. The maximum atomic E-state index is 11.7. The average molecular weight is 370 g/mol. The van der Waals surface area contributed by atoms with Gasteiger partial charge in [0.25, 0.3) is 0 Å². The van der Waals surface area contributed by atoms with Gasteiger partial charge in [-0.15, -0.1) is 0 Å². The highest BCUT2D eigenvalue weighted by atomic mass is 79.9. The molecule has 1 aromatic heterocycles. The minimum Gasteiger partial charge on any atom is -0.444 e. The summed E-state index contributed by atoms with van der Waals surface area (Å²) >= 11 is 3.35.